The molecule has 0 bridgehead atoms. The van der Waals surface area contributed by atoms with Crippen LogP contribution in [0.4, 0.5) is 5.69 Å². The van der Waals surface area contributed by atoms with Crippen LogP contribution in [0.5, 0.6) is 5.75 Å². The van der Waals surface area contributed by atoms with Gasteiger partial charge in [-0.15, -0.1) is 0 Å². The van der Waals surface area contributed by atoms with Crippen molar-refractivity contribution in [3.8, 4) is 17.1 Å². The second-order valence-electron chi connectivity index (χ2n) is 3.61. The van der Waals surface area contributed by atoms with Crippen LogP contribution >= 0.6 is 0 Å². The van der Waals surface area contributed by atoms with E-state index in [1.807, 2.05) is 6.92 Å². The molecule has 3 N–H and O–H groups in total. The van der Waals surface area contributed by atoms with E-state index in [0.29, 0.717) is 17.1 Å². The summed E-state index contributed by atoms with van der Waals surface area (Å²) in [6.07, 6.45) is 0.767. The molecule has 2 aromatic rings. The zero-order valence-electron chi connectivity index (χ0n) is 9.31. The van der Waals surface area contributed by atoms with Crippen molar-refractivity contribution < 1.29 is 5.11 Å². The summed E-state index contributed by atoms with van der Waals surface area (Å²) in [5, 5.41) is 14.0. The van der Waals surface area contributed by atoms with Crippen molar-refractivity contribution in [2.24, 2.45) is 7.05 Å². The highest BCUT2D eigenvalue weighted by atomic mass is 16.3. The molecule has 5 nitrogen and oxygen atoms in total. The molecule has 0 unspecified atom stereocenters. The number of hydrogen-bond acceptors (Lipinski definition) is 4. The van der Waals surface area contributed by atoms with Crippen molar-refractivity contribution in [3.05, 3.63) is 24.0 Å². The first kappa shape index (κ1) is 10.5. The van der Waals surface area contributed by atoms with Crippen molar-refractivity contribution in [2.45, 2.75) is 13.3 Å². The number of phenolic OH excluding ortho intramolecular Hbond substituents is 1. The largest absolute Gasteiger partial charge is 0.507 e. The van der Waals surface area contributed by atoms with Crippen molar-refractivity contribution in [3.63, 3.8) is 0 Å². The van der Waals surface area contributed by atoms with Gasteiger partial charge in [-0.1, -0.05) is 6.92 Å². The lowest BCUT2D eigenvalue weighted by Gasteiger charge is -2.03. The molecule has 0 radical (unpaired) electrons. The number of nitrogens with two attached hydrogens (primary N) is 1. The van der Waals surface area contributed by atoms with Gasteiger partial charge < -0.3 is 10.8 Å². The Labute approximate surface area is 93.5 Å². The number of aryl methyl sites for hydroxylation is 2. The van der Waals surface area contributed by atoms with E-state index in [4.69, 9.17) is 5.73 Å². The van der Waals surface area contributed by atoms with E-state index in [9.17, 15) is 5.11 Å². The Morgan fingerprint density at radius 2 is 2.19 bits per heavy atom. The summed E-state index contributed by atoms with van der Waals surface area (Å²) in [5.41, 5.74) is 6.74. The van der Waals surface area contributed by atoms with Gasteiger partial charge in [0.15, 0.2) is 11.6 Å². The fraction of sp³-hybridized carbons (Fsp3) is 0.273. The maximum absolute atomic E-state index is 9.79. The summed E-state index contributed by atoms with van der Waals surface area (Å²) < 4.78 is 1.66. The van der Waals surface area contributed by atoms with Crippen LogP contribution < -0.4 is 5.73 Å². The number of rotatable bonds is 2. The van der Waals surface area contributed by atoms with Gasteiger partial charge in [-0.05, 0) is 12.1 Å². The molecular weight excluding hydrogens is 204 g/mol. The van der Waals surface area contributed by atoms with Crippen LogP contribution in [0, 0.1) is 0 Å². The molecule has 0 atom stereocenters. The van der Waals surface area contributed by atoms with Gasteiger partial charge in [-0.3, -0.25) is 0 Å². The molecule has 1 heterocycles. The maximum Gasteiger partial charge on any atom is 0.161 e. The fourth-order valence-corrected chi connectivity index (χ4v) is 1.56. The second-order valence-corrected chi connectivity index (χ2v) is 3.61. The number of phenols is 1. The van der Waals surface area contributed by atoms with E-state index < -0.39 is 0 Å². The SMILES string of the molecule is CCc1nc(-c2ccc(N)cc2O)n(C)n1. The molecule has 0 aliphatic rings. The summed E-state index contributed by atoms with van der Waals surface area (Å²) in [4.78, 5) is 4.34. The van der Waals surface area contributed by atoms with Gasteiger partial charge >= 0.3 is 0 Å². The number of nitrogen functional groups attached to an aromatic ring is 1. The Balaban J connectivity index is 2.53. The quantitative estimate of drug-likeness (QED) is 0.745. The predicted molar refractivity (Wildman–Crippen MR) is 61.9 cm³/mol. The summed E-state index contributed by atoms with van der Waals surface area (Å²) >= 11 is 0. The monoisotopic (exact) mass is 218 g/mol. The number of benzene rings is 1. The van der Waals surface area contributed by atoms with Crippen molar-refractivity contribution >= 4 is 5.69 Å². The molecular formula is C11H14N4O. The molecule has 5 heteroatoms. The van der Waals surface area contributed by atoms with Gasteiger partial charge in [0.05, 0.1) is 5.56 Å². The van der Waals surface area contributed by atoms with Gasteiger partial charge in [-0.25, -0.2) is 9.67 Å². The highest BCUT2D eigenvalue weighted by Crippen LogP contribution is 2.29. The van der Waals surface area contributed by atoms with Crippen LogP contribution in [0.3, 0.4) is 0 Å². The Hall–Kier alpha value is -2.04. The normalized spacial score (nSPS) is 10.6. The second kappa shape index (κ2) is 3.84. The van der Waals surface area contributed by atoms with Crippen LogP contribution in [0.1, 0.15) is 12.7 Å². The fourth-order valence-electron chi connectivity index (χ4n) is 1.56. The van der Waals surface area contributed by atoms with Gasteiger partial charge in [-0.2, -0.15) is 5.10 Å². The van der Waals surface area contributed by atoms with Crippen molar-refractivity contribution in [2.75, 3.05) is 5.73 Å². The van der Waals surface area contributed by atoms with E-state index >= 15 is 0 Å². The Kier molecular flexibility index (Phi) is 2.52. The molecule has 84 valence electrons. The highest BCUT2D eigenvalue weighted by molar-refractivity contribution is 5.67. The molecule has 0 amide bonds. The minimum Gasteiger partial charge on any atom is -0.507 e. The summed E-state index contributed by atoms with van der Waals surface area (Å²) in [6.45, 7) is 1.99. The van der Waals surface area contributed by atoms with E-state index in [1.165, 1.54) is 6.07 Å². The summed E-state index contributed by atoms with van der Waals surface area (Å²) in [5.74, 6) is 1.53. The van der Waals surface area contributed by atoms with Crippen molar-refractivity contribution in [1.82, 2.24) is 14.8 Å². The first-order valence-electron chi connectivity index (χ1n) is 5.10. The maximum atomic E-state index is 9.79. The lowest BCUT2D eigenvalue weighted by Crippen LogP contribution is -1.95. The molecule has 0 spiro atoms. The first-order valence-corrected chi connectivity index (χ1v) is 5.10. The molecule has 0 aliphatic carbocycles. The Morgan fingerprint density at radius 1 is 1.44 bits per heavy atom. The van der Waals surface area contributed by atoms with E-state index in [-0.39, 0.29) is 5.75 Å². The van der Waals surface area contributed by atoms with Crippen molar-refractivity contribution in [1.29, 1.82) is 0 Å². The summed E-state index contributed by atoms with van der Waals surface area (Å²) in [6, 6.07) is 4.99. The topological polar surface area (TPSA) is 77.0 Å². The molecule has 0 saturated heterocycles. The predicted octanol–water partition coefficient (Wildman–Crippen LogP) is 1.33. The lowest BCUT2D eigenvalue weighted by molar-refractivity contribution is 0.476. The standard InChI is InChI=1S/C11H14N4O/c1-3-10-13-11(15(2)14-10)8-5-4-7(12)6-9(8)16/h4-6,16H,3,12H2,1-2H3. The van der Waals surface area contributed by atoms with Gasteiger partial charge in [0.25, 0.3) is 0 Å². The third-order valence-corrected chi connectivity index (χ3v) is 2.39. The number of aromatic hydroxyl groups is 1. The lowest BCUT2D eigenvalue weighted by atomic mass is 10.1. The number of aromatic nitrogens is 3. The van der Waals surface area contributed by atoms with Crippen LogP contribution in [-0.2, 0) is 13.5 Å². The smallest absolute Gasteiger partial charge is 0.161 e. The van der Waals surface area contributed by atoms with Crippen LogP contribution in [0.25, 0.3) is 11.4 Å². The number of nitrogens with zero attached hydrogens (tertiary/aromatic N) is 3. The summed E-state index contributed by atoms with van der Waals surface area (Å²) in [7, 11) is 1.80. The van der Waals surface area contributed by atoms with Crippen LogP contribution in [-0.4, -0.2) is 19.9 Å². The van der Waals surface area contributed by atoms with Gasteiger partial charge in [0.1, 0.15) is 5.75 Å². The number of hydrogen-bond donors (Lipinski definition) is 2. The third-order valence-electron chi connectivity index (χ3n) is 2.39. The molecule has 1 aromatic heterocycles. The van der Waals surface area contributed by atoms with Crippen LogP contribution in [0.2, 0.25) is 0 Å². The average Bonchev–Trinajstić information content (AvgIpc) is 2.60. The Morgan fingerprint density at radius 3 is 2.75 bits per heavy atom. The minimum atomic E-state index is 0.123. The Bertz CT molecular complexity index is 519. The molecule has 16 heavy (non-hydrogen) atoms. The van der Waals surface area contributed by atoms with E-state index in [2.05, 4.69) is 10.1 Å². The zero-order valence-corrected chi connectivity index (χ0v) is 9.31. The molecule has 0 aliphatic heterocycles. The number of anilines is 1. The zero-order chi connectivity index (χ0) is 11.7. The van der Waals surface area contributed by atoms with Gasteiger partial charge in [0, 0.05) is 25.2 Å². The third kappa shape index (κ3) is 1.71. The average molecular weight is 218 g/mol. The molecule has 0 fully saturated rings. The molecule has 2 rings (SSSR count). The van der Waals surface area contributed by atoms with Gasteiger partial charge in [0.2, 0.25) is 0 Å². The highest BCUT2D eigenvalue weighted by Gasteiger charge is 2.12. The van der Waals surface area contributed by atoms with E-state index in [1.54, 1.807) is 23.9 Å². The first-order chi connectivity index (χ1) is 7.61. The molecule has 1 aromatic carbocycles. The van der Waals surface area contributed by atoms with Crippen LogP contribution in [0.15, 0.2) is 18.2 Å². The minimum absolute atomic E-state index is 0.123. The van der Waals surface area contributed by atoms with E-state index in [0.717, 1.165) is 12.2 Å². The molecule has 0 saturated carbocycles.